The standard InChI is InChI=1S/C29H20F3N3/c1-18-21-14-8-9-15-22(21)27-26(33-18)25-23(29(30,31)32)16-24(20-12-6-3-7-13-20)34-28(25)35(27)17-19-10-4-2-5-11-19/h2-16H,17H2,1H3. The van der Waals surface area contributed by atoms with E-state index in [1.54, 1.807) is 24.3 Å². The smallest absolute Gasteiger partial charge is 0.319 e. The number of aryl methyl sites for hydroxylation is 1. The third-order valence-corrected chi connectivity index (χ3v) is 6.40. The van der Waals surface area contributed by atoms with Crippen LogP contribution in [0.25, 0.3) is 44.1 Å². The summed E-state index contributed by atoms with van der Waals surface area (Å²) in [6.07, 6.45) is -4.57. The zero-order valence-corrected chi connectivity index (χ0v) is 18.8. The van der Waals surface area contributed by atoms with E-state index in [0.717, 1.165) is 22.4 Å². The minimum atomic E-state index is -4.57. The predicted octanol–water partition coefficient (Wildman–Crippen LogP) is 7.78. The number of hydrogen-bond donors (Lipinski definition) is 0. The Hall–Kier alpha value is -4.19. The predicted molar refractivity (Wildman–Crippen MR) is 133 cm³/mol. The van der Waals surface area contributed by atoms with Crippen LogP contribution in [-0.4, -0.2) is 14.5 Å². The molecule has 3 aromatic heterocycles. The molecule has 0 spiro atoms. The Morgan fingerprint density at radius 3 is 2.09 bits per heavy atom. The molecule has 3 heterocycles. The van der Waals surface area contributed by atoms with E-state index in [0.29, 0.717) is 28.8 Å². The van der Waals surface area contributed by atoms with Gasteiger partial charge in [0.1, 0.15) is 5.65 Å². The van der Waals surface area contributed by atoms with Crippen molar-refractivity contribution >= 4 is 32.8 Å². The van der Waals surface area contributed by atoms with E-state index in [9.17, 15) is 13.2 Å². The second-order valence-electron chi connectivity index (χ2n) is 8.63. The van der Waals surface area contributed by atoms with Crippen LogP contribution in [0, 0.1) is 6.92 Å². The van der Waals surface area contributed by atoms with Gasteiger partial charge >= 0.3 is 6.18 Å². The SMILES string of the molecule is Cc1nc2c3c(C(F)(F)F)cc(-c4ccccc4)nc3n(Cc3ccccc3)c2c2ccccc12. The van der Waals surface area contributed by atoms with E-state index in [4.69, 9.17) is 9.97 Å². The van der Waals surface area contributed by atoms with E-state index in [1.165, 1.54) is 0 Å². The lowest BCUT2D eigenvalue weighted by Gasteiger charge is -2.12. The normalized spacial score (nSPS) is 12.1. The first-order valence-electron chi connectivity index (χ1n) is 11.3. The fourth-order valence-corrected chi connectivity index (χ4v) is 4.83. The van der Waals surface area contributed by atoms with Gasteiger partial charge in [-0.05, 0) is 18.6 Å². The van der Waals surface area contributed by atoms with Gasteiger partial charge in [0.15, 0.2) is 0 Å². The van der Waals surface area contributed by atoms with Crippen molar-refractivity contribution in [2.45, 2.75) is 19.6 Å². The molecule has 0 aliphatic carbocycles. The number of aromatic nitrogens is 3. The summed E-state index contributed by atoms with van der Waals surface area (Å²) in [4.78, 5) is 9.52. The Bertz CT molecular complexity index is 1700. The van der Waals surface area contributed by atoms with Crippen LogP contribution in [0.5, 0.6) is 0 Å². The lowest BCUT2D eigenvalue weighted by molar-refractivity contribution is -0.136. The summed E-state index contributed by atoms with van der Waals surface area (Å²) < 4.78 is 45.5. The molecule has 0 fully saturated rings. The molecule has 35 heavy (non-hydrogen) atoms. The highest BCUT2D eigenvalue weighted by atomic mass is 19.4. The van der Waals surface area contributed by atoms with Crippen LogP contribution in [0.15, 0.2) is 91.0 Å². The van der Waals surface area contributed by atoms with Gasteiger partial charge in [-0.2, -0.15) is 13.2 Å². The average molecular weight is 467 g/mol. The van der Waals surface area contributed by atoms with Crippen molar-refractivity contribution in [2.24, 2.45) is 0 Å². The van der Waals surface area contributed by atoms with Crippen molar-refractivity contribution in [3.05, 3.63) is 108 Å². The summed E-state index contributed by atoms with van der Waals surface area (Å²) in [6.45, 7) is 2.21. The van der Waals surface area contributed by atoms with Gasteiger partial charge in [-0.1, -0.05) is 84.9 Å². The van der Waals surface area contributed by atoms with Gasteiger partial charge < -0.3 is 4.57 Å². The monoisotopic (exact) mass is 467 g/mol. The van der Waals surface area contributed by atoms with Gasteiger partial charge in [-0.3, -0.25) is 4.98 Å². The van der Waals surface area contributed by atoms with Crippen molar-refractivity contribution in [3.8, 4) is 11.3 Å². The highest BCUT2D eigenvalue weighted by molar-refractivity contribution is 6.16. The van der Waals surface area contributed by atoms with Crippen LogP contribution in [-0.2, 0) is 12.7 Å². The fraction of sp³-hybridized carbons (Fsp3) is 0.103. The zero-order valence-electron chi connectivity index (χ0n) is 18.8. The highest BCUT2D eigenvalue weighted by Gasteiger charge is 2.36. The van der Waals surface area contributed by atoms with Crippen LogP contribution in [0.2, 0.25) is 0 Å². The second-order valence-corrected chi connectivity index (χ2v) is 8.63. The molecule has 3 nitrogen and oxygen atoms in total. The molecule has 0 aliphatic rings. The first-order valence-corrected chi connectivity index (χ1v) is 11.3. The minimum absolute atomic E-state index is 0.0389. The molecule has 6 aromatic rings. The molecular weight excluding hydrogens is 447 g/mol. The fourth-order valence-electron chi connectivity index (χ4n) is 4.83. The first-order chi connectivity index (χ1) is 16.9. The Morgan fingerprint density at radius 1 is 0.771 bits per heavy atom. The largest absolute Gasteiger partial charge is 0.417 e. The molecule has 6 rings (SSSR count). The van der Waals surface area contributed by atoms with Crippen LogP contribution >= 0.6 is 0 Å². The number of hydrogen-bond acceptors (Lipinski definition) is 2. The molecule has 6 heteroatoms. The Kier molecular flexibility index (Phi) is 4.85. The van der Waals surface area contributed by atoms with Crippen LogP contribution in [0.4, 0.5) is 13.2 Å². The number of rotatable bonds is 3. The molecule has 0 radical (unpaired) electrons. The Balaban J connectivity index is 1.82. The average Bonchev–Trinajstić information content (AvgIpc) is 3.17. The maximum atomic E-state index is 14.5. The highest BCUT2D eigenvalue weighted by Crippen LogP contribution is 2.42. The van der Waals surface area contributed by atoms with Gasteiger partial charge in [-0.15, -0.1) is 0 Å². The van der Waals surface area contributed by atoms with Crippen molar-refractivity contribution in [2.75, 3.05) is 0 Å². The first kappa shape index (κ1) is 21.4. The van der Waals surface area contributed by atoms with E-state index in [1.807, 2.05) is 72.2 Å². The van der Waals surface area contributed by atoms with Crippen molar-refractivity contribution in [1.29, 1.82) is 0 Å². The molecule has 0 N–H and O–H groups in total. The van der Waals surface area contributed by atoms with Crippen molar-refractivity contribution in [1.82, 2.24) is 14.5 Å². The molecule has 0 saturated carbocycles. The molecule has 0 atom stereocenters. The number of nitrogens with zero attached hydrogens (tertiary/aromatic N) is 3. The molecule has 0 saturated heterocycles. The Labute approximate surface area is 199 Å². The summed E-state index contributed by atoms with van der Waals surface area (Å²) >= 11 is 0. The maximum absolute atomic E-state index is 14.5. The summed E-state index contributed by atoms with van der Waals surface area (Å²) in [5, 5.41) is 1.81. The molecule has 0 amide bonds. The number of halogens is 3. The van der Waals surface area contributed by atoms with Gasteiger partial charge in [0.05, 0.1) is 27.7 Å². The summed E-state index contributed by atoms with van der Waals surface area (Å²) in [7, 11) is 0. The molecular formula is C29H20F3N3. The van der Waals surface area contributed by atoms with Crippen molar-refractivity contribution < 1.29 is 13.2 Å². The lowest BCUT2D eigenvalue weighted by atomic mass is 10.0. The topological polar surface area (TPSA) is 30.7 Å². The minimum Gasteiger partial charge on any atom is -0.319 e. The second kappa shape index (κ2) is 7.94. The lowest BCUT2D eigenvalue weighted by Crippen LogP contribution is -2.08. The maximum Gasteiger partial charge on any atom is 0.417 e. The van der Waals surface area contributed by atoms with Gasteiger partial charge in [0.2, 0.25) is 0 Å². The van der Waals surface area contributed by atoms with Gasteiger partial charge in [0.25, 0.3) is 0 Å². The zero-order chi connectivity index (χ0) is 24.2. The number of alkyl halides is 3. The molecule has 3 aromatic carbocycles. The molecule has 0 unspecified atom stereocenters. The third kappa shape index (κ3) is 3.53. The van der Waals surface area contributed by atoms with Gasteiger partial charge in [-0.25, -0.2) is 4.98 Å². The van der Waals surface area contributed by atoms with Gasteiger partial charge in [0, 0.05) is 28.6 Å². The number of benzene rings is 3. The van der Waals surface area contributed by atoms with Crippen LogP contribution in [0.1, 0.15) is 16.8 Å². The van der Waals surface area contributed by atoms with E-state index < -0.39 is 11.7 Å². The van der Waals surface area contributed by atoms with E-state index in [-0.39, 0.29) is 16.7 Å². The summed E-state index contributed by atoms with van der Waals surface area (Å²) in [5.41, 5.74) is 3.11. The van der Waals surface area contributed by atoms with Crippen LogP contribution < -0.4 is 0 Å². The van der Waals surface area contributed by atoms with E-state index >= 15 is 0 Å². The van der Waals surface area contributed by atoms with E-state index in [2.05, 4.69) is 0 Å². The summed E-state index contributed by atoms with van der Waals surface area (Å²) in [6, 6.07) is 27.5. The Morgan fingerprint density at radius 2 is 1.40 bits per heavy atom. The van der Waals surface area contributed by atoms with Crippen LogP contribution in [0.3, 0.4) is 0 Å². The van der Waals surface area contributed by atoms with Crippen molar-refractivity contribution in [3.63, 3.8) is 0 Å². The molecule has 0 aliphatic heterocycles. The number of fused-ring (bicyclic) bond motifs is 5. The molecule has 0 bridgehead atoms. The number of pyridine rings is 2. The molecule has 172 valence electrons. The third-order valence-electron chi connectivity index (χ3n) is 6.40. The quantitative estimate of drug-likeness (QED) is 0.266. The summed E-state index contributed by atoms with van der Waals surface area (Å²) in [5.74, 6) is 0.